The third-order valence-corrected chi connectivity index (χ3v) is 4.80. The Morgan fingerprint density at radius 1 is 0.559 bits per heavy atom. The van der Waals surface area contributed by atoms with Crippen LogP contribution in [-0.4, -0.2) is 67.7 Å². The van der Waals surface area contributed by atoms with E-state index in [0.717, 1.165) is 7.11 Å². The zero-order valence-corrected chi connectivity index (χ0v) is 21.2. The smallest absolute Gasteiger partial charge is 0.339 e. The van der Waals surface area contributed by atoms with Gasteiger partial charge in [0.15, 0.2) is 18.3 Å². The summed E-state index contributed by atoms with van der Waals surface area (Å²) in [7, 11) is 1.09. The number of ether oxygens (including phenoxy) is 6. The fraction of sp³-hybridized carbons (Fsp3) is 0.783. The van der Waals surface area contributed by atoms with Crippen LogP contribution >= 0.6 is 0 Å². The van der Waals surface area contributed by atoms with E-state index in [1.165, 1.54) is 0 Å². The van der Waals surface area contributed by atoms with Gasteiger partial charge in [0.25, 0.3) is 0 Å². The molecule has 1 heterocycles. The molecule has 5 atom stereocenters. The van der Waals surface area contributed by atoms with Crippen molar-refractivity contribution < 1.29 is 52.4 Å². The van der Waals surface area contributed by atoms with Crippen molar-refractivity contribution in [2.75, 3.05) is 7.11 Å². The van der Waals surface area contributed by atoms with Crippen LogP contribution in [0.2, 0.25) is 0 Å². The highest BCUT2D eigenvalue weighted by molar-refractivity contribution is 5.78. The highest BCUT2D eigenvalue weighted by Crippen LogP contribution is 2.32. The predicted octanol–water partition coefficient (Wildman–Crippen LogP) is 1.79. The molecule has 0 N–H and O–H groups in total. The predicted molar refractivity (Wildman–Crippen MR) is 116 cm³/mol. The number of esters is 5. The molecule has 0 aromatic heterocycles. The molecule has 1 rings (SSSR count). The van der Waals surface area contributed by atoms with Crippen LogP contribution in [0.25, 0.3) is 0 Å². The fourth-order valence-electron chi connectivity index (χ4n) is 2.66. The van der Waals surface area contributed by atoms with Crippen molar-refractivity contribution in [3.63, 3.8) is 0 Å². The van der Waals surface area contributed by atoms with Gasteiger partial charge in [-0.15, -0.1) is 0 Å². The molecule has 0 amide bonds. The van der Waals surface area contributed by atoms with Crippen molar-refractivity contribution in [1.29, 1.82) is 0 Å². The van der Waals surface area contributed by atoms with Crippen LogP contribution in [0, 0.1) is 23.7 Å². The number of carbonyl (C=O) groups is 5. The number of hydrogen-bond donors (Lipinski definition) is 0. The summed E-state index contributed by atoms with van der Waals surface area (Å²) in [4.78, 5) is 62.4. The van der Waals surface area contributed by atoms with E-state index in [1.54, 1.807) is 55.4 Å². The van der Waals surface area contributed by atoms with Gasteiger partial charge in [0, 0.05) is 0 Å². The average molecular weight is 489 g/mol. The molecular weight excluding hydrogens is 452 g/mol. The molecule has 11 heteroatoms. The number of hydrogen-bond acceptors (Lipinski definition) is 11. The van der Waals surface area contributed by atoms with Gasteiger partial charge >= 0.3 is 29.8 Å². The Kier molecular flexibility index (Phi) is 10.9. The monoisotopic (exact) mass is 488 g/mol. The van der Waals surface area contributed by atoms with Crippen molar-refractivity contribution in [2.24, 2.45) is 23.7 Å². The molecule has 0 bridgehead atoms. The Morgan fingerprint density at radius 2 is 0.912 bits per heavy atom. The molecule has 0 saturated carbocycles. The van der Waals surface area contributed by atoms with Gasteiger partial charge in [-0.1, -0.05) is 55.4 Å². The molecule has 194 valence electrons. The molecule has 0 radical (unpaired) electrons. The summed E-state index contributed by atoms with van der Waals surface area (Å²) in [5.41, 5.74) is 0. The number of carbonyl (C=O) groups excluding carboxylic acids is 5. The molecule has 1 saturated heterocycles. The Morgan fingerprint density at radius 3 is 1.29 bits per heavy atom. The number of methoxy groups -OCH3 is 1. The molecular formula is C23H36O11. The minimum atomic E-state index is -1.64. The van der Waals surface area contributed by atoms with Gasteiger partial charge in [-0.25, -0.2) is 4.79 Å². The molecule has 11 nitrogen and oxygen atoms in total. The molecule has 1 fully saturated rings. The van der Waals surface area contributed by atoms with Crippen LogP contribution < -0.4 is 0 Å². The zero-order valence-electron chi connectivity index (χ0n) is 21.2. The van der Waals surface area contributed by atoms with Gasteiger partial charge in [0.2, 0.25) is 12.4 Å². The van der Waals surface area contributed by atoms with E-state index in [2.05, 4.69) is 0 Å². The molecule has 1 aliphatic heterocycles. The quantitative estimate of drug-likeness (QED) is 0.346. The van der Waals surface area contributed by atoms with Crippen LogP contribution in [-0.2, 0) is 52.4 Å². The van der Waals surface area contributed by atoms with Gasteiger partial charge in [-0.2, -0.15) is 0 Å². The summed E-state index contributed by atoms with van der Waals surface area (Å²) < 4.78 is 32.4. The molecule has 1 aliphatic rings. The highest BCUT2D eigenvalue weighted by atomic mass is 16.7. The zero-order chi connectivity index (χ0) is 26.3. The minimum Gasteiger partial charge on any atom is -0.467 e. The average Bonchev–Trinajstić information content (AvgIpc) is 2.75. The fourth-order valence-corrected chi connectivity index (χ4v) is 2.66. The molecule has 0 spiro atoms. The second kappa shape index (κ2) is 12.7. The topological polar surface area (TPSA) is 141 Å². The van der Waals surface area contributed by atoms with Crippen molar-refractivity contribution in [3.8, 4) is 0 Å². The first-order valence-corrected chi connectivity index (χ1v) is 11.3. The van der Waals surface area contributed by atoms with E-state index >= 15 is 0 Å². The third kappa shape index (κ3) is 7.68. The third-order valence-electron chi connectivity index (χ3n) is 4.80. The van der Waals surface area contributed by atoms with Gasteiger partial charge in [-0.05, 0) is 0 Å². The lowest BCUT2D eigenvalue weighted by atomic mass is 9.97. The van der Waals surface area contributed by atoms with E-state index in [0.29, 0.717) is 0 Å². The first kappa shape index (κ1) is 29.3. The van der Waals surface area contributed by atoms with Crippen LogP contribution in [0.1, 0.15) is 55.4 Å². The maximum atomic E-state index is 12.6. The lowest BCUT2D eigenvalue weighted by molar-refractivity contribution is -0.297. The van der Waals surface area contributed by atoms with Gasteiger partial charge < -0.3 is 28.4 Å². The summed E-state index contributed by atoms with van der Waals surface area (Å²) in [5.74, 6) is -6.24. The Hall–Kier alpha value is -2.69. The van der Waals surface area contributed by atoms with E-state index in [-0.39, 0.29) is 0 Å². The van der Waals surface area contributed by atoms with Crippen molar-refractivity contribution in [1.82, 2.24) is 0 Å². The molecule has 0 aliphatic carbocycles. The standard InChI is InChI=1S/C23H36O11/c1-10(2)18(24)30-14-15(31-19(25)11(3)4)17(32-20(26)12(5)6)23(34-21(27)13(7)8)33-16(14)22(28)29-9/h10-17,23H,1-9H3/t14-,15-,16+,17+,23-/m1/s1. The van der Waals surface area contributed by atoms with E-state index in [1.807, 2.05) is 0 Å². The first-order valence-electron chi connectivity index (χ1n) is 11.3. The molecule has 0 unspecified atom stereocenters. The summed E-state index contributed by atoms with van der Waals surface area (Å²) >= 11 is 0. The molecule has 34 heavy (non-hydrogen) atoms. The highest BCUT2D eigenvalue weighted by Gasteiger charge is 2.57. The number of rotatable bonds is 9. The van der Waals surface area contributed by atoms with E-state index in [4.69, 9.17) is 28.4 Å². The minimum absolute atomic E-state index is 0.588. The molecule has 0 aromatic rings. The van der Waals surface area contributed by atoms with E-state index in [9.17, 15) is 24.0 Å². The lowest BCUT2D eigenvalue weighted by Gasteiger charge is -2.43. The van der Waals surface area contributed by atoms with Crippen LogP contribution in [0.5, 0.6) is 0 Å². The van der Waals surface area contributed by atoms with Gasteiger partial charge in [0.1, 0.15) is 0 Å². The summed E-state index contributed by atoms with van der Waals surface area (Å²) in [6, 6.07) is 0. The van der Waals surface area contributed by atoms with Crippen LogP contribution in [0.3, 0.4) is 0 Å². The van der Waals surface area contributed by atoms with E-state index < -0.39 is 84.2 Å². The van der Waals surface area contributed by atoms with Gasteiger partial charge in [-0.3, -0.25) is 19.2 Å². The van der Waals surface area contributed by atoms with Crippen molar-refractivity contribution in [2.45, 2.75) is 86.1 Å². The van der Waals surface area contributed by atoms with Crippen LogP contribution in [0.15, 0.2) is 0 Å². The largest absolute Gasteiger partial charge is 0.467 e. The normalized spacial score (nSPS) is 24.7. The maximum absolute atomic E-state index is 12.6. The second-order valence-corrected chi connectivity index (χ2v) is 9.21. The summed E-state index contributed by atoms with van der Waals surface area (Å²) in [6.45, 7) is 12.6. The lowest BCUT2D eigenvalue weighted by Crippen LogP contribution is -2.64. The Bertz CT molecular complexity index is 756. The Balaban J connectivity index is 3.61. The SMILES string of the molecule is COC(=O)[C@H]1O[C@H](OC(=O)C(C)C)[C@@H](OC(=O)C(C)C)[C@H](OC(=O)C(C)C)[C@H]1OC(=O)C(C)C. The van der Waals surface area contributed by atoms with Crippen molar-refractivity contribution >= 4 is 29.8 Å². The van der Waals surface area contributed by atoms with Crippen LogP contribution in [0.4, 0.5) is 0 Å². The summed E-state index contributed by atoms with van der Waals surface area (Å²) in [5, 5.41) is 0. The van der Waals surface area contributed by atoms with Crippen molar-refractivity contribution in [3.05, 3.63) is 0 Å². The van der Waals surface area contributed by atoms with Gasteiger partial charge in [0.05, 0.1) is 30.8 Å². The molecule has 0 aromatic carbocycles. The first-order chi connectivity index (χ1) is 15.7. The maximum Gasteiger partial charge on any atom is 0.339 e. The second-order valence-electron chi connectivity index (χ2n) is 9.21. The summed E-state index contributed by atoms with van der Waals surface area (Å²) in [6.07, 6.45) is -7.85. The Labute approximate surface area is 199 Å².